The summed E-state index contributed by atoms with van der Waals surface area (Å²) in [7, 11) is 1.31. The van der Waals surface area contributed by atoms with E-state index in [1.165, 1.54) is 7.11 Å². The summed E-state index contributed by atoms with van der Waals surface area (Å²) in [4.78, 5) is 37.4. The summed E-state index contributed by atoms with van der Waals surface area (Å²) < 4.78 is 10.2. The van der Waals surface area contributed by atoms with Gasteiger partial charge < -0.3 is 20.1 Å². The number of methoxy groups -OCH3 is 1. The summed E-state index contributed by atoms with van der Waals surface area (Å²) in [6.45, 7) is 12.8. The summed E-state index contributed by atoms with van der Waals surface area (Å²) in [6.07, 6.45) is 1.69. The van der Waals surface area contributed by atoms with Crippen molar-refractivity contribution >= 4 is 18.0 Å². The number of nitrogens with one attached hydrogen (secondary N) is 2. The first-order chi connectivity index (χ1) is 11.9. The Morgan fingerprint density at radius 3 is 1.85 bits per heavy atom. The highest BCUT2D eigenvalue weighted by Gasteiger charge is 2.41. The molecule has 0 aromatic rings. The van der Waals surface area contributed by atoms with Crippen LogP contribution >= 0.6 is 0 Å². The van der Waals surface area contributed by atoms with E-state index in [9.17, 15) is 14.4 Å². The van der Waals surface area contributed by atoms with Crippen molar-refractivity contribution in [1.29, 1.82) is 0 Å². The molecule has 0 heterocycles. The first kappa shape index (κ1) is 24.2. The smallest absolute Gasteiger partial charge is 0.408 e. The van der Waals surface area contributed by atoms with Crippen molar-refractivity contribution in [3.05, 3.63) is 0 Å². The fourth-order valence-corrected chi connectivity index (χ4v) is 2.84. The molecule has 0 bridgehead atoms. The van der Waals surface area contributed by atoms with Gasteiger partial charge in [-0.3, -0.25) is 4.79 Å². The highest BCUT2D eigenvalue weighted by atomic mass is 16.6. The van der Waals surface area contributed by atoms with Gasteiger partial charge >= 0.3 is 12.1 Å². The number of hydrogen-bond donors (Lipinski definition) is 2. The van der Waals surface area contributed by atoms with Crippen molar-refractivity contribution in [3.63, 3.8) is 0 Å². The highest BCUT2D eigenvalue weighted by molar-refractivity contribution is 5.92. The van der Waals surface area contributed by atoms with Crippen molar-refractivity contribution in [2.75, 3.05) is 7.11 Å². The van der Waals surface area contributed by atoms with Crippen molar-refractivity contribution in [2.45, 2.75) is 91.3 Å². The van der Waals surface area contributed by atoms with Crippen LogP contribution in [0.4, 0.5) is 4.79 Å². The SMILES string of the molecule is CCCC(CCC)(NC(=O)[C@@H](NC(=O)OC(C)(C)C)C(C)C)C(=O)OC. The number of carbonyl (C=O) groups excluding carboxylic acids is 3. The second-order valence-electron chi connectivity index (χ2n) is 7.93. The minimum atomic E-state index is -1.09. The van der Waals surface area contributed by atoms with Gasteiger partial charge in [-0.15, -0.1) is 0 Å². The molecule has 0 aliphatic heterocycles. The Labute approximate surface area is 157 Å². The third-order valence-corrected chi connectivity index (χ3v) is 3.91. The van der Waals surface area contributed by atoms with Gasteiger partial charge in [0.05, 0.1) is 7.11 Å². The third kappa shape index (κ3) is 7.62. The van der Waals surface area contributed by atoms with Crippen molar-refractivity contribution < 1.29 is 23.9 Å². The Morgan fingerprint density at radius 2 is 1.50 bits per heavy atom. The van der Waals surface area contributed by atoms with Crippen LogP contribution in [0.15, 0.2) is 0 Å². The van der Waals surface area contributed by atoms with Gasteiger partial charge in [0.2, 0.25) is 5.91 Å². The molecular formula is C19H36N2O5. The molecule has 1 atom stereocenters. The third-order valence-electron chi connectivity index (χ3n) is 3.91. The summed E-state index contributed by atoms with van der Waals surface area (Å²) in [5, 5.41) is 5.46. The Morgan fingerprint density at radius 1 is 1.00 bits per heavy atom. The highest BCUT2D eigenvalue weighted by Crippen LogP contribution is 2.22. The second kappa shape index (κ2) is 10.4. The number of alkyl carbamates (subject to hydrolysis) is 1. The molecule has 0 rings (SSSR count). The zero-order chi connectivity index (χ0) is 20.5. The lowest BCUT2D eigenvalue weighted by atomic mass is 9.87. The van der Waals surface area contributed by atoms with Crippen LogP contribution in [0.5, 0.6) is 0 Å². The molecule has 26 heavy (non-hydrogen) atoms. The van der Waals surface area contributed by atoms with Crippen LogP contribution in [0.25, 0.3) is 0 Å². The molecule has 0 spiro atoms. The molecule has 152 valence electrons. The maximum absolute atomic E-state index is 12.9. The van der Waals surface area contributed by atoms with Crippen molar-refractivity contribution in [3.8, 4) is 0 Å². The Bertz CT molecular complexity index is 477. The van der Waals surface area contributed by atoms with Crippen LogP contribution in [0, 0.1) is 5.92 Å². The molecule has 0 fully saturated rings. The monoisotopic (exact) mass is 372 g/mol. The number of amides is 2. The number of rotatable bonds is 9. The van der Waals surface area contributed by atoms with Gasteiger partial charge in [-0.1, -0.05) is 40.5 Å². The molecule has 0 aromatic heterocycles. The standard InChI is InChI=1S/C19H36N2O5/c1-9-11-19(12-10-2,16(23)25-8)21-15(22)14(13(3)4)20-17(24)26-18(5,6)7/h13-14H,9-12H2,1-8H3,(H,20,24)(H,21,22)/t14-/m0/s1. The molecule has 2 N–H and O–H groups in total. The number of hydrogen-bond acceptors (Lipinski definition) is 5. The van der Waals surface area contributed by atoms with Gasteiger partial charge in [-0.2, -0.15) is 0 Å². The van der Waals surface area contributed by atoms with Crippen LogP contribution in [0.1, 0.15) is 74.1 Å². The fourth-order valence-electron chi connectivity index (χ4n) is 2.84. The van der Waals surface area contributed by atoms with Crippen LogP contribution < -0.4 is 10.6 Å². The predicted octanol–water partition coefficient (Wildman–Crippen LogP) is 3.16. The largest absolute Gasteiger partial charge is 0.467 e. The summed E-state index contributed by atoms with van der Waals surface area (Å²) in [5.41, 5.74) is -1.75. The van der Waals surface area contributed by atoms with Gasteiger partial charge in [0.25, 0.3) is 0 Å². The first-order valence-electron chi connectivity index (χ1n) is 9.32. The summed E-state index contributed by atoms with van der Waals surface area (Å²) in [5.74, 6) is -1.06. The van der Waals surface area contributed by atoms with E-state index >= 15 is 0 Å². The van der Waals surface area contributed by atoms with Gasteiger partial charge in [0, 0.05) is 0 Å². The molecule has 7 nitrogen and oxygen atoms in total. The zero-order valence-electron chi connectivity index (χ0n) is 17.5. The number of esters is 1. The lowest BCUT2D eigenvalue weighted by Crippen LogP contribution is -2.61. The molecule has 0 saturated heterocycles. The lowest BCUT2D eigenvalue weighted by Gasteiger charge is -2.34. The van der Waals surface area contributed by atoms with E-state index in [0.717, 1.165) is 0 Å². The average Bonchev–Trinajstić information content (AvgIpc) is 2.49. The van der Waals surface area contributed by atoms with Crippen LogP contribution in [-0.4, -0.2) is 42.3 Å². The minimum Gasteiger partial charge on any atom is -0.467 e. The minimum absolute atomic E-state index is 0.180. The lowest BCUT2D eigenvalue weighted by molar-refractivity contribution is -0.152. The van der Waals surface area contributed by atoms with E-state index in [1.54, 1.807) is 20.8 Å². The van der Waals surface area contributed by atoms with Gasteiger partial charge in [-0.25, -0.2) is 9.59 Å². The zero-order valence-corrected chi connectivity index (χ0v) is 17.5. The molecule has 0 unspecified atom stereocenters. The maximum Gasteiger partial charge on any atom is 0.408 e. The van der Waals surface area contributed by atoms with E-state index < -0.39 is 35.2 Å². The molecular weight excluding hydrogens is 336 g/mol. The van der Waals surface area contributed by atoms with E-state index in [1.807, 2.05) is 27.7 Å². The number of carbonyl (C=O) groups is 3. The van der Waals surface area contributed by atoms with Crippen LogP contribution in [0.2, 0.25) is 0 Å². The van der Waals surface area contributed by atoms with Crippen LogP contribution in [0.3, 0.4) is 0 Å². The first-order valence-corrected chi connectivity index (χ1v) is 9.32. The molecule has 0 radical (unpaired) electrons. The molecule has 0 aliphatic carbocycles. The normalized spacial score (nSPS) is 13.1. The quantitative estimate of drug-likeness (QED) is 0.606. The molecule has 0 aromatic carbocycles. The van der Waals surface area contributed by atoms with E-state index in [4.69, 9.17) is 9.47 Å². The molecule has 7 heteroatoms. The molecule has 2 amide bonds. The Kier molecular flexibility index (Phi) is 9.67. The number of ether oxygens (including phenoxy) is 2. The Balaban J connectivity index is 5.42. The second-order valence-corrected chi connectivity index (χ2v) is 7.93. The van der Waals surface area contributed by atoms with Gasteiger partial charge in [0.15, 0.2) is 0 Å². The average molecular weight is 373 g/mol. The van der Waals surface area contributed by atoms with E-state index in [2.05, 4.69) is 10.6 Å². The van der Waals surface area contributed by atoms with Crippen molar-refractivity contribution in [2.24, 2.45) is 5.92 Å². The molecule has 0 aliphatic rings. The summed E-state index contributed by atoms with van der Waals surface area (Å²) in [6, 6.07) is -0.817. The maximum atomic E-state index is 12.9. The fraction of sp³-hybridized carbons (Fsp3) is 0.842. The van der Waals surface area contributed by atoms with E-state index in [-0.39, 0.29) is 5.92 Å². The molecule has 0 saturated carbocycles. The van der Waals surface area contributed by atoms with Crippen molar-refractivity contribution in [1.82, 2.24) is 10.6 Å². The topological polar surface area (TPSA) is 93.7 Å². The van der Waals surface area contributed by atoms with Crippen LogP contribution in [-0.2, 0) is 19.1 Å². The van der Waals surface area contributed by atoms with Gasteiger partial charge in [0.1, 0.15) is 17.2 Å². The Hall–Kier alpha value is -1.79. The summed E-state index contributed by atoms with van der Waals surface area (Å²) >= 11 is 0. The van der Waals surface area contributed by atoms with Gasteiger partial charge in [-0.05, 0) is 39.5 Å². The van der Waals surface area contributed by atoms with E-state index in [0.29, 0.717) is 25.7 Å². The predicted molar refractivity (Wildman–Crippen MR) is 101 cm³/mol.